The summed E-state index contributed by atoms with van der Waals surface area (Å²) in [6.45, 7) is 10.5. The van der Waals surface area contributed by atoms with Gasteiger partial charge in [0.1, 0.15) is 0 Å². The molecule has 1 nitrogen and oxygen atoms in total. The summed E-state index contributed by atoms with van der Waals surface area (Å²) in [4.78, 5) is 0. The molecule has 1 rings (SSSR count). The lowest BCUT2D eigenvalue weighted by Crippen LogP contribution is -2.27. The fourth-order valence-corrected chi connectivity index (χ4v) is 2.51. The highest BCUT2D eigenvalue weighted by Crippen LogP contribution is 2.33. The molecule has 1 saturated carbocycles. The first-order valence-electron chi connectivity index (χ1n) is 6.74. The lowest BCUT2D eigenvalue weighted by molar-refractivity contribution is 0.320. The van der Waals surface area contributed by atoms with Crippen LogP contribution in [-0.2, 0) is 0 Å². The van der Waals surface area contributed by atoms with Crippen LogP contribution in [0.25, 0.3) is 0 Å². The van der Waals surface area contributed by atoms with E-state index in [0.717, 1.165) is 12.0 Å². The molecular formula is C14H29N. The third-order valence-corrected chi connectivity index (χ3v) is 3.53. The van der Waals surface area contributed by atoms with Crippen LogP contribution in [0.1, 0.15) is 66.2 Å². The Bertz CT molecular complexity index is 169. The maximum Gasteiger partial charge on any atom is 0.00698 e. The molecule has 0 aliphatic heterocycles. The van der Waals surface area contributed by atoms with E-state index in [1.54, 1.807) is 0 Å². The lowest BCUT2D eigenvalue weighted by Gasteiger charge is -2.20. The largest absolute Gasteiger partial charge is 0.314 e. The quantitative estimate of drug-likeness (QED) is 0.725. The van der Waals surface area contributed by atoms with Crippen molar-refractivity contribution in [1.29, 1.82) is 0 Å². The Morgan fingerprint density at radius 3 is 2.53 bits per heavy atom. The Kier molecular flexibility index (Phi) is 5.11. The van der Waals surface area contributed by atoms with Crippen LogP contribution in [0.3, 0.4) is 0 Å². The zero-order valence-electron chi connectivity index (χ0n) is 11.1. The molecule has 0 aromatic heterocycles. The van der Waals surface area contributed by atoms with E-state index in [1.807, 2.05) is 0 Å². The van der Waals surface area contributed by atoms with Gasteiger partial charge in [-0.3, -0.25) is 0 Å². The van der Waals surface area contributed by atoms with E-state index < -0.39 is 0 Å². The van der Waals surface area contributed by atoms with E-state index in [1.165, 1.54) is 45.1 Å². The standard InChI is InChI=1S/C14H29N/c1-5-10-15-13-7-6-12(11-13)8-9-14(2,3)4/h12-13,15H,5-11H2,1-4H3. The Morgan fingerprint density at radius 1 is 1.20 bits per heavy atom. The van der Waals surface area contributed by atoms with Crippen molar-refractivity contribution >= 4 is 0 Å². The summed E-state index contributed by atoms with van der Waals surface area (Å²) in [5.41, 5.74) is 0.523. The fourth-order valence-electron chi connectivity index (χ4n) is 2.51. The summed E-state index contributed by atoms with van der Waals surface area (Å²) in [6.07, 6.45) is 8.39. The molecule has 0 heterocycles. The second-order valence-electron chi connectivity index (χ2n) is 6.43. The van der Waals surface area contributed by atoms with Crippen molar-refractivity contribution in [2.45, 2.75) is 72.3 Å². The summed E-state index contributed by atoms with van der Waals surface area (Å²) in [5.74, 6) is 0.999. The molecule has 0 amide bonds. The smallest absolute Gasteiger partial charge is 0.00698 e. The third kappa shape index (κ3) is 5.55. The minimum Gasteiger partial charge on any atom is -0.314 e. The van der Waals surface area contributed by atoms with E-state index >= 15 is 0 Å². The van der Waals surface area contributed by atoms with Crippen molar-refractivity contribution < 1.29 is 0 Å². The van der Waals surface area contributed by atoms with Gasteiger partial charge in [0.25, 0.3) is 0 Å². The highest BCUT2D eigenvalue weighted by molar-refractivity contribution is 4.81. The molecule has 2 unspecified atom stereocenters. The van der Waals surface area contributed by atoms with Crippen molar-refractivity contribution in [2.75, 3.05) is 6.54 Å². The number of nitrogens with one attached hydrogen (secondary N) is 1. The molecule has 0 aromatic carbocycles. The molecule has 1 fully saturated rings. The number of hydrogen-bond acceptors (Lipinski definition) is 1. The second-order valence-corrected chi connectivity index (χ2v) is 6.43. The van der Waals surface area contributed by atoms with Crippen LogP contribution in [0.2, 0.25) is 0 Å². The van der Waals surface area contributed by atoms with Gasteiger partial charge in [0.05, 0.1) is 0 Å². The van der Waals surface area contributed by atoms with Crippen LogP contribution in [0.4, 0.5) is 0 Å². The predicted octanol–water partition coefficient (Wildman–Crippen LogP) is 3.98. The zero-order valence-corrected chi connectivity index (χ0v) is 11.1. The van der Waals surface area contributed by atoms with Crippen LogP contribution < -0.4 is 5.32 Å². The molecule has 1 heteroatoms. The van der Waals surface area contributed by atoms with Crippen molar-refractivity contribution in [2.24, 2.45) is 11.3 Å². The molecule has 0 spiro atoms. The Balaban J connectivity index is 2.13. The first kappa shape index (κ1) is 13.0. The van der Waals surface area contributed by atoms with Crippen molar-refractivity contribution in [3.8, 4) is 0 Å². The minimum absolute atomic E-state index is 0.523. The number of hydrogen-bond donors (Lipinski definition) is 1. The van der Waals surface area contributed by atoms with Crippen LogP contribution in [0.15, 0.2) is 0 Å². The molecule has 1 aliphatic carbocycles. The van der Waals surface area contributed by atoms with Crippen molar-refractivity contribution in [3.05, 3.63) is 0 Å². The molecule has 1 N–H and O–H groups in total. The summed E-state index contributed by atoms with van der Waals surface area (Å²) >= 11 is 0. The monoisotopic (exact) mass is 211 g/mol. The highest BCUT2D eigenvalue weighted by Gasteiger charge is 2.25. The van der Waals surface area contributed by atoms with Crippen LogP contribution in [-0.4, -0.2) is 12.6 Å². The topological polar surface area (TPSA) is 12.0 Å². The van der Waals surface area contributed by atoms with Gasteiger partial charge in [-0.2, -0.15) is 0 Å². The molecule has 0 saturated heterocycles. The van der Waals surface area contributed by atoms with Gasteiger partial charge in [0.15, 0.2) is 0 Å². The highest BCUT2D eigenvalue weighted by atomic mass is 14.9. The molecule has 0 radical (unpaired) electrons. The van der Waals surface area contributed by atoms with Crippen molar-refractivity contribution in [1.82, 2.24) is 5.32 Å². The van der Waals surface area contributed by atoms with Gasteiger partial charge in [0, 0.05) is 6.04 Å². The van der Waals surface area contributed by atoms with Gasteiger partial charge in [-0.05, 0) is 56.4 Å². The average Bonchev–Trinajstić information content (AvgIpc) is 2.58. The van der Waals surface area contributed by atoms with E-state index in [4.69, 9.17) is 0 Å². The normalized spacial score (nSPS) is 27.2. The van der Waals surface area contributed by atoms with E-state index in [2.05, 4.69) is 33.0 Å². The maximum absolute atomic E-state index is 3.66. The van der Waals surface area contributed by atoms with Gasteiger partial charge in [-0.25, -0.2) is 0 Å². The summed E-state index contributed by atoms with van der Waals surface area (Å²) in [5, 5.41) is 3.66. The number of rotatable bonds is 5. The van der Waals surface area contributed by atoms with E-state index in [9.17, 15) is 0 Å². The Morgan fingerprint density at radius 2 is 1.93 bits per heavy atom. The molecule has 90 valence electrons. The first-order valence-corrected chi connectivity index (χ1v) is 6.74. The first-order chi connectivity index (χ1) is 7.01. The van der Waals surface area contributed by atoms with Gasteiger partial charge in [0.2, 0.25) is 0 Å². The van der Waals surface area contributed by atoms with Gasteiger partial charge < -0.3 is 5.32 Å². The summed E-state index contributed by atoms with van der Waals surface area (Å²) in [6, 6.07) is 0.829. The summed E-state index contributed by atoms with van der Waals surface area (Å²) in [7, 11) is 0. The SMILES string of the molecule is CCCNC1CCC(CCC(C)(C)C)C1. The fraction of sp³-hybridized carbons (Fsp3) is 1.00. The minimum atomic E-state index is 0.523. The Labute approximate surface area is 96.0 Å². The van der Waals surface area contributed by atoms with Crippen LogP contribution >= 0.6 is 0 Å². The molecule has 15 heavy (non-hydrogen) atoms. The van der Waals surface area contributed by atoms with Crippen molar-refractivity contribution in [3.63, 3.8) is 0 Å². The predicted molar refractivity (Wildman–Crippen MR) is 68.1 cm³/mol. The van der Waals surface area contributed by atoms with Gasteiger partial charge >= 0.3 is 0 Å². The molecule has 0 bridgehead atoms. The van der Waals surface area contributed by atoms with Gasteiger partial charge in [-0.15, -0.1) is 0 Å². The van der Waals surface area contributed by atoms with Crippen LogP contribution in [0.5, 0.6) is 0 Å². The van der Waals surface area contributed by atoms with Gasteiger partial charge in [-0.1, -0.05) is 27.7 Å². The Hall–Kier alpha value is -0.0400. The molecular weight excluding hydrogens is 182 g/mol. The lowest BCUT2D eigenvalue weighted by atomic mass is 9.86. The average molecular weight is 211 g/mol. The van der Waals surface area contributed by atoms with E-state index in [-0.39, 0.29) is 0 Å². The third-order valence-electron chi connectivity index (χ3n) is 3.53. The summed E-state index contributed by atoms with van der Waals surface area (Å²) < 4.78 is 0. The molecule has 0 aromatic rings. The zero-order chi connectivity index (χ0) is 11.3. The van der Waals surface area contributed by atoms with E-state index in [0.29, 0.717) is 5.41 Å². The second kappa shape index (κ2) is 5.89. The maximum atomic E-state index is 3.66. The van der Waals surface area contributed by atoms with Crippen LogP contribution in [0, 0.1) is 11.3 Å². The molecule has 2 atom stereocenters. The molecule has 1 aliphatic rings.